The molecule has 3 nitrogen and oxygen atoms in total. The molecule has 0 spiro atoms. The largest absolute Gasteiger partial charge is 1.00 e. The molecule has 0 aliphatic carbocycles. The number of nitrogens with zero attached hydrogens (tertiary/aromatic N) is 3. The number of aromatic nitrogens is 2. The van der Waals surface area contributed by atoms with Gasteiger partial charge in [0.25, 0.3) is 0 Å². The van der Waals surface area contributed by atoms with Crippen molar-refractivity contribution in [1.82, 2.24) is 9.47 Å². The van der Waals surface area contributed by atoms with Crippen molar-refractivity contribution in [2.45, 2.75) is 343 Å². The van der Waals surface area contributed by atoms with Crippen molar-refractivity contribution in [3.8, 4) is 0 Å². The van der Waals surface area contributed by atoms with Gasteiger partial charge in [0.2, 0.25) is 6.33 Å². The third-order valence-electron chi connectivity index (χ3n) is 15.6. The highest BCUT2D eigenvalue weighted by atomic mass is 35.5. The maximum absolute atomic E-state index is 2.94. The molecule has 0 radical (unpaired) electrons. The van der Waals surface area contributed by atoms with Crippen molar-refractivity contribution in [2.24, 2.45) is 24.8 Å². The van der Waals surface area contributed by atoms with E-state index in [0.29, 0.717) is 0 Å². The van der Waals surface area contributed by atoms with Gasteiger partial charge in [0, 0.05) is 12.6 Å². The molecule has 0 aliphatic heterocycles. The maximum Gasteiger partial charge on any atom is 0.243 e. The Hall–Kier alpha value is -0.540. The third-order valence-corrected chi connectivity index (χ3v) is 15.6. The zero-order chi connectivity index (χ0) is 47.1. The molecule has 1 aromatic rings. The highest BCUT2D eigenvalue weighted by molar-refractivity contribution is 4.76. The second kappa shape index (κ2) is 50.8. The fraction of sp³-hybridized carbons (Fsp3) is 0.952. The SMILES string of the molecule is CCCCCCCCCCCCCCCCCCC(CCCCCCCCCCCCCCCCCC)CCCCC(CCC(C)CCCC(C)C)N(CCCC)CCn1cc[n+](C)c1.[Cl-]. The zero-order valence-electron chi connectivity index (χ0n) is 46.7. The summed E-state index contributed by atoms with van der Waals surface area (Å²) in [6.07, 6.45) is 72.3. The monoisotopic (exact) mass is 946 g/mol. The fourth-order valence-corrected chi connectivity index (χ4v) is 10.9. The normalized spacial score (nSPS) is 12.8. The van der Waals surface area contributed by atoms with Gasteiger partial charge in [0.15, 0.2) is 0 Å². The Bertz CT molecular complexity index is 1020. The van der Waals surface area contributed by atoms with Crippen LogP contribution in [0.5, 0.6) is 0 Å². The van der Waals surface area contributed by atoms with Crippen molar-refractivity contribution < 1.29 is 17.0 Å². The molecule has 1 aromatic heterocycles. The summed E-state index contributed by atoms with van der Waals surface area (Å²) in [6, 6.07) is 0.748. The van der Waals surface area contributed by atoms with Crippen LogP contribution in [0.3, 0.4) is 0 Å². The Morgan fingerprint density at radius 3 is 1.15 bits per heavy atom. The van der Waals surface area contributed by atoms with E-state index in [1.807, 2.05) is 0 Å². The van der Waals surface area contributed by atoms with Gasteiger partial charge in [-0.3, -0.25) is 4.90 Å². The van der Waals surface area contributed by atoms with Gasteiger partial charge in [0.1, 0.15) is 18.9 Å². The van der Waals surface area contributed by atoms with Crippen molar-refractivity contribution in [2.75, 3.05) is 13.1 Å². The van der Waals surface area contributed by atoms with E-state index in [2.05, 4.69) is 81.3 Å². The van der Waals surface area contributed by atoms with E-state index in [9.17, 15) is 0 Å². The standard InChI is InChI=1S/C62H124N3.ClH/c1-8-11-14-16-18-20-22-24-26-28-30-32-34-36-38-40-47-61(48-41-39-37-35-33-31-29-27-25-23-21-19-17-15-12-9-2)49-42-43-50-62(52-51-60(6)46-44-45-59(4)5)65(53-13-10-3)57-56-64-55-54-63(7)58-64;/h54-55,58-62H,8-53,56-57H2,1-7H3;1H/q+1;/p-1. The van der Waals surface area contributed by atoms with Crippen LogP contribution in [-0.4, -0.2) is 28.6 Å². The van der Waals surface area contributed by atoms with Gasteiger partial charge in [-0.2, -0.15) is 0 Å². The van der Waals surface area contributed by atoms with E-state index >= 15 is 0 Å². The number of halogens is 1. The van der Waals surface area contributed by atoms with Gasteiger partial charge >= 0.3 is 0 Å². The molecule has 394 valence electrons. The van der Waals surface area contributed by atoms with Crippen LogP contribution in [0.4, 0.5) is 0 Å². The molecular formula is C62H124ClN3. The van der Waals surface area contributed by atoms with Crippen LogP contribution in [0, 0.1) is 17.8 Å². The van der Waals surface area contributed by atoms with E-state index in [1.54, 1.807) is 0 Å². The van der Waals surface area contributed by atoms with Gasteiger partial charge < -0.3 is 12.4 Å². The van der Waals surface area contributed by atoms with E-state index < -0.39 is 0 Å². The molecule has 1 rings (SSSR count). The molecule has 0 N–H and O–H groups in total. The first-order chi connectivity index (χ1) is 31.9. The minimum Gasteiger partial charge on any atom is -1.00 e. The summed E-state index contributed by atoms with van der Waals surface area (Å²) in [5.41, 5.74) is 0. The lowest BCUT2D eigenvalue weighted by molar-refractivity contribution is -0.671. The summed E-state index contributed by atoms with van der Waals surface area (Å²) in [5, 5.41) is 0. The lowest BCUT2D eigenvalue weighted by atomic mass is 9.88. The van der Waals surface area contributed by atoms with Crippen molar-refractivity contribution in [1.29, 1.82) is 0 Å². The maximum atomic E-state index is 2.94. The quantitative estimate of drug-likeness (QED) is 0.0468. The van der Waals surface area contributed by atoms with Crippen LogP contribution >= 0.6 is 0 Å². The molecule has 0 amide bonds. The van der Waals surface area contributed by atoms with Gasteiger partial charge in [-0.05, 0) is 50.0 Å². The molecule has 66 heavy (non-hydrogen) atoms. The number of hydrogen-bond donors (Lipinski definition) is 0. The van der Waals surface area contributed by atoms with E-state index in [-0.39, 0.29) is 12.4 Å². The molecule has 0 aromatic carbocycles. The van der Waals surface area contributed by atoms with Crippen LogP contribution < -0.4 is 17.0 Å². The first kappa shape index (κ1) is 65.5. The molecular weight excluding hydrogens is 822 g/mol. The van der Waals surface area contributed by atoms with Crippen LogP contribution in [0.15, 0.2) is 18.7 Å². The Morgan fingerprint density at radius 1 is 0.394 bits per heavy atom. The minimum absolute atomic E-state index is 0. The number of aryl methyl sites for hydroxylation is 1. The lowest BCUT2D eigenvalue weighted by Gasteiger charge is -2.32. The van der Waals surface area contributed by atoms with Crippen LogP contribution in [-0.2, 0) is 13.6 Å². The highest BCUT2D eigenvalue weighted by Gasteiger charge is 2.21. The number of hydrogen-bond acceptors (Lipinski definition) is 1. The number of rotatable bonds is 53. The van der Waals surface area contributed by atoms with Crippen LogP contribution in [0.25, 0.3) is 0 Å². The molecule has 2 atom stereocenters. The highest BCUT2D eigenvalue weighted by Crippen LogP contribution is 2.27. The van der Waals surface area contributed by atoms with Crippen LogP contribution in [0.1, 0.15) is 330 Å². The number of imidazole rings is 1. The van der Waals surface area contributed by atoms with E-state index in [4.69, 9.17) is 0 Å². The summed E-state index contributed by atoms with van der Waals surface area (Å²) in [7, 11) is 2.16. The summed E-state index contributed by atoms with van der Waals surface area (Å²) in [5.74, 6) is 2.67. The predicted molar refractivity (Wildman–Crippen MR) is 293 cm³/mol. The smallest absolute Gasteiger partial charge is 0.243 e. The van der Waals surface area contributed by atoms with Crippen molar-refractivity contribution >= 4 is 0 Å². The first-order valence-corrected chi connectivity index (χ1v) is 30.6. The summed E-state index contributed by atoms with van der Waals surface area (Å²) in [6.45, 7) is 18.0. The van der Waals surface area contributed by atoms with Crippen molar-refractivity contribution in [3.63, 3.8) is 0 Å². The van der Waals surface area contributed by atoms with Gasteiger partial charge in [-0.15, -0.1) is 0 Å². The summed E-state index contributed by atoms with van der Waals surface area (Å²) >= 11 is 0. The van der Waals surface area contributed by atoms with Crippen LogP contribution in [0.2, 0.25) is 0 Å². The lowest BCUT2D eigenvalue weighted by Crippen LogP contribution is -3.00. The molecule has 0 saturated carbocycles. The topological polar surface area (TPSA) is 12.1 Å². The fourth-order valence-electron chi connectivity index (χ4n) is 10.9. The Balaban J connectivity index is 0.0000422. The van der Waals surface area contributed by atoms with Gasteiger partial charge in [0.05, 0.1) is 7.05 Å². The molecule has 4 heteroatoms. The summed E-state index contributed by atoms with van der Waals surface area (Å²) in [4.78, 5) is 2.94. The second-order valence-electron chi connectivity index (χ2n) is 22.7. The molecule has 0 fully saturated rings. The van der Waals surface area contributed by atoms with E-state index in [0.717, 1.165) is 30.3 Å². The molecule has 0 saturated heterocycles. The van der Waals surface area contributed by atoms with E-state index in [1.165, 1.54) is 302 Å². The summed E-state index contributed by atoms with van der Waals surface area (Å²) < 4.78 is 4.61. The Labute approximate surface area is 424 Å². The second-order valence-corrected chi connectivity index (χ2v) is 22.7. The average molecular weight is 947 g/mol. The predicted octanol–water partition coefficient (Wildman–Crippen LogP) is 17.5. The third kappa shape index (κ3) is 43.5. The first-order valence-electron chi connectivity index (χ1n) is 30.6. The van der Waals surface area contributed by atoms with Gasteiger partial charge in [-0.25, -0.2) is 9.13 Å². The zero-order valence-corrected chi connectivity index (χ0v) is 47.5. The van der Waals surface area contributed by atoms with Gasteiger partial charge in [-0.1, -0.05) is 305 Å². The molecule has 2 unspecified atom stereocenters. The Kier molecular flexibility index (Phi) is 50.4. The molecule has 0 aliphatic rings. The molecule has 1 heterocycles. The minimum atomic E-state index is 0. The Morgan fingerprint density at radius 2 is 0.773 bits per heavy atom. The van der Waals surface area contributed by atoms with Crippen molar-refractivity contribution in [3.05, 3.63) is 18.7 Å². The number of unbranched alkanes of at least 4 members (excludes halogenated alkanes) is 32. The molecule has 0 bridgehead atoms. The average Bonchev–Trinajstić information content (AvgIpc) is 3.72.